The van der Waals surface area contributed by atoms with Crippen LogP contribution in [0.3, 0.4) is 0 Å². The molecule has 1 aromatic carbocycles. The van der Waals surface area contributed by atoms with Crippen molar-refractivity contribution in [2.24, 2.45) is 5.41 Å². The summed E-state index contributed by atoms with van der Waals surface area (Å²) in [5.74, 6) is 0. The van der Waals surface area contributed by atoms with E-state index < -0.39 is 10.0 Å². The van der Waals surface area contributed by atoms with Crippen molar-refractivity contribution in [3.63, 3.8) is 0 Å². The Labute approximate surface area is 121 Å². The van der Waals surface area contributed by atoms with Gasteiger partial charge in [-0.2, -0.15) is 4.31 Å². The molecule has 2 heterocycles. The largest absolute Gasteiger partial charge is 0.312 e. The number of nitrogens with zero attached hydrogens (tertiary/aromatic N) is 1. The van der Waals surface area contributed by atoms with Crippen LogP contribution in [0, 0.1) is 12.3 Å². The maximum atomic E-state index is 12.7. The molecule has 0 saturated carbocycles. The molecule has 1 aromatic rings. The average Bonchev–Trinajstić information content (AvgIpc) is 2.77. The summed E-state index contributed by atoms with van der Waals surface area (Å²) in [5.41, 5.74) is 1.16. The normalized spacial score (nSPS) is 31.2. The van der Waals surface area contributed by atoms with Crippen LogP contribution < -0.4 is 5.32 Å². The first-order valence-corrected chi connectivity index (χ1v) is 8.66. The summed E-state index contributed by atoms with van der Waals surface area (Å²) < 4.78 is 27.1. The number of piperidine rings is 1. The smallest absolute Gasteiger partial charge is 0.243 e. The second-order valence-electron chi connectivity index (χ2n) is 6.37. The molecule has 110 valence electrons. The van der Waals surface area contributed by atoms with Crippen LogP contribution in [-0.2, 0) is 10.0 Å². The molecule has 0 radical (unpaired) electrons. The van der Waals surface area contributed by atoms with Crippen molar-refractivity contribution in [2.75, 3.05) is 19.6 Å². The third-order valence-corrected chi connectivity index (χ3v) is 6.57. The number of benzene rings is 1. The number of hydrogen-bond donors (Lipinski definition) is 1. The molecule has 2 aliphatic rings. The summed E-state index contributed by atoms with van der Waals surface area (Å²) in [6.45, 7) is 6.38. The van der Waals surface area contributed by atoms with Crippen molar-refractivity contribution in [3.05, 3.63) is 29.8 Å². The summed E-state index contributed by atoms with van der Waals surface area (Å²) in [6.07, 6.45) is 2.23. The Hall–Kier alpha value is -0.910. The highest BCUT2D eigenvalue weighted by molar-refractivity contribution is 7.89. The zero-order valence-electron chi connectivity index (χ0n) is 12.1. The van der Waals surface area contributed by atoms with Gasteiger partial charge in [0.15, 0.2) is 0 Å². The first-order valence-electron chi connectivity index (χ1n) is 7.22. The fourth-order valence-electron chi connectivity index (χ4n) is 3.38. The van der Waals surface area contributed by atoms with E-state index in [0.29, 0.717) is 18.0 Å². The van der Waals surface area contributed by atoms with E-state index in [2.05, 4.69) is 12.2 Å². The van der Waals surface area contributed by atoms with Crippen molar-refractivity contribution >= 4 is 10.0 Å². The lowest BCUT2D eigenvalue weighted by Gasteiger charge is -2.35. The van der Waals surface area contributed by atoms with Gasteiger partial charge in [-0.25, -0.2) is 8.42 Å². The van der Waals surface area contributed by atoms with Gasteiger partial charge in [0.05, 0.1) is 4.90 Å². The molecule has 2 aliphatic heterocycles. The topological polar surface area (TPSA) is 49.4 Å². The second kappa shape index (κ2) is 4.83. The zero-order chi connectivity index (χ0) is 14.4. The van der Waals surface area contributed by atoms with Gasteiger partial charge in [-0.05, 0) is 43.9 Å². The Balaban J connectivity index is 1.88. The standard InChI is InChI=1S/C15H22N2O2S/c1-12-4-6-13(7-5-12)20(18,19)17-10-14-15(2,11-17)8-3-9-16-14/h4-7,14,16H,3,8-11H2,1-2H3/t14?,15-/m0/s1. The van der Waals surface area contributed by atoms with E-state index in [1.54, 1.807) is 16.4 Å². The summed E-state index contributed by atoms with van der Waals surface area (Å²) in [6, 6.07) is 7.42. The maximum absolute atomic E-state index is 12.7. The molecule has 2 saturated heterocycles. The van der Waals surface area contributed by atoms with E-state index >= 15 is 0 Å². The van der Waals surface area contributed by atoms with Crippen LogP contribution >= 0.6 is 0 Å². The lowest BCUT2D eigenvalue weighted by Crippen LogP contribution is -2.47. The average molecular weight is 294 g/mol. The molecule has 4 nitrogen and oxygen atoms in total. The minimum absolute atomic E-state index is 0.0794. The Kier molecular flexibility index (Phi) is 3.39. The van der Waals surface area contributed by atoms with Crippen LogP contribution in [0.5, 0.6) is 0 Å². The van der Waals surface area contributed by atoms with Crippen molar-refractivity contribution in [3.8, 4) is 0 Å². The fraction of sp³-hybridized carbons (Fsp3) is 0.600. The summed E-state index contributed by atoms with van der Waals surface area (Å²) in [5, 5.41) is 3.48. The number of nitrogens with one attached hydrogen (secondary N) is 1. The Morgan fingerprint density at radius 1 is 1.30 bits per heavy atom. The lowest BCUT2D eigenvalue weighted by molar-refractivity contribution is 0.209. The second-order valence-corrected chi connectivity index (χ2v) is 8.31. The van der Waals surface area contributed by atoms with Gasteiger partial charge in [0, 0.05) is 19.1 Å². The molecule has 0 amide bonds. The zero-order valence-corrected chi connectivity index (χ0v) is 12.9. The monoisotopic (exact) mass is 294 g/mol. The van der Waals surface area contributed by atoms with Gasteiger partial charge in [-0.1, -0.05) is 24.6 Å². The highest BCUT2D eigenvalue weighted by atomic mass is 32.2. The highest BCUT2D eigenvalue weighted by Gasteiger charge is 2.47. The fourth-order valence-corrected chi connectivity index (χ4v) is 4.97. The van der Waals surface area contributed by atoms with Gasteiger partial charge < -0.3 is 5.32 Å². The van der Waals surface area contributed by atoms with Gasteiger partial charge in [0.25, 0.3) is 0 Å². The summed E-state index contributed by atoms with van der Waals surface area (Å²) >= 11 is 0. The van der Waals surface area contributed by atoms with Crippen LogP contribution in [0.1, 0.15) is 25.3 Å². The molecule has 0 aliphatic carbocycles. The first kappa shape index (κ1) is 14.0. The molecule has 0 bridgehead atoms. The Morgan fingerprint density at radius 3 is 2.65 bits per heavy atom. The van der Waals surface area contributed by atoms with Crippen LogP contribution in [0.2, 0.25) is 0 Å². The van der Waals surface area contributed by atoms with Crippen LogP contribution in [0.4, 0.5) is 0 Å². The highest BCUT2D eigenvalue weighted by Crippen LogP contribution is 2.39. The number of rotatable bonds is 2. The molecule has 20 heavy (non-hydrogen) atoms. The molecule has 2 fully saturated rings. The quantitative estimate of drug-likeness (QED) is 0.904. The molecule has 3 rings (SSSR count). The van der Waals surface area contributed by atoms with Crippen LogP contribution in [-0.4, -0.2) is 38.4 Å². The predicted molar refractivity (Wildman–Crippen MR) is 79.1 cm³/mol. The molecule has 1 N–H and O–H groups in total. The van der Waals surface area contributed by atoms with Crippen molar-refractivity contribution < 1.29 is 8.42 Å². The number of hydrogen-bond acceptors (Lipinski definition) is 3. The predicted octanol–water partition coefficient (Wildman–Crippen LogP) is 1.76. The number of fused-ring (bicyclic) bond motifs is 1. The third-order valence-electron chi connectivity index (χ3n) is 4.74. The molecular weight excluding hydrogens is 272 g/mol. The molecule has 2 atom stereocenters. The van der Waals surface area contributed by atoms with Gasteiger partial charge in [0.1, 0.15) is 0 Å². The minimum Gasteiger partial charge on any atom is -0.312 e. The van der Waals surface area contributed by atoms with Crippen molar-refractivity contribution in [2.45, 2.75) is 37.6 Å². The van der Waals surface area contributed by atoms with Crippen LogP contribution in [0.25, 0.3) is 0 Å². The third kappa shape index (κ3) is 2.28. The first-order chi connectivity index (χ1) is 9.42. The van der Waals surface area contributed by atoms with E-state index in [-0.39, 0.29) is 11.5 Å². The number of sulfonamides is 1. The Bertz CT molecular complexity index is 597. The van der Waals surface area contributed by atoms with Gasteiger partial charge >= 0.3 is 0 Å². The maximum Gasteiger partial charge on any atom is 0.243 e. The van der Waals surface area contributed by atoms with E-state index in [9.17, 15) is 8.42 Å². The Morgan fingerprint density at radius 2 is 2.00 bits per heavy atom. The van der Waals surface area contributed by atoms with E-state index in [1.807, 2.05) is 19.1 Å². The minimum atomic E-state index is -3.36. The van der Waals surface area contributed by atoms with E-state index in [0.717, 1.165) is 24.9 Å². The van der Waals surface area contributed by atoms with Gasteiger partial charge in [-0.3, -0.25) is 0 Å². The summed E-state index contributed by atoms with van der Waals surface area (Å²) in [7, 11) is -3.36. The SMILES string of the molecule is Cc1ccc(S(=O)(=O)N2CC3NCCC[C@@]3(C)C2)cc1. The lowest BCUT2D eigenvalue weighted by atomic mass is 9.78. The van der Waals surface area contributed by atoms with Crippen molar-refractivity contribution in [1.29, 1.82) is 0 Å². The molecule has 0 spiro atoms. The van der Waals surface area contributed by atoms with Gasteiger partial charge in [0.2, 0.25) is 10.0 Å². The molecule has 0 aromatic heterocycles. The van der Waals surface area contributed by atoms with Crippen molar-refractivity contribution in [1.82, 2.24) is 9.62 Å². The molecular formula is C15H22N2O2S. The van der Waals surface area contributed by atoms with E-state index in [4.69, 9.17) is 0 Å². The summed E-state index contributed by atoms with van der Waals surface area (Å²) in [4.78, 5) is 0.408. The van der Waals surface area contributed by atoms with E-state index in [1.165, 1.54) is 0 Å². The molecule has 1 unspecified atom stereocenters. The number of aryl methyl sites for hydroxylation is 1. The molecule has 5 heteroatoms. The van der Waals surface area contributed by atoms with Gasteiger partial charge in [-0.15, -0.1) is 0 Å². The van der Waals surface area contributed by atoms with Crippen LogP contribution in [0.15, 0.2) is 29.2 Å².